The first kappa shape index (κ1) is 26.7. The van der Waals surface area contributed by atoms with Gasteiger partial charge in [-0.25, -0.2) is 9.79 Å². The van der Waals surface area contributed by atoms with Crippen LogP contribution in [0.15, 0.2) is 63.5 Å². The average molecular weight is 541 g/mol. The lowest BCUT2D eigenvalue weighted by molar-refractivity contribution is -0.139. The van der Waals surface area contributed by atoms with Crippen molar-refractivity contribution >= 4 is 35.0 Å². The van der Waals surface area contributed by atoms with E-state index in [1.807, 2.05) is 30.3 Å². The fourth-order valence-electron chi connectivity index (χ4n) is 4.08. The molecule has 1 atom stereocenters. The van der Waals surface area contributed by atoms with E-state index in [0.29, 0.717) is 43.9 Å². The molecule has 37 heavy (non-hydrogen) atoms. The number of allylic oxidation sites excluding steroid dienone is 1. The van der Waals surface area contributed by atoms with E-state index < -0.39 is 12.0 Å². The minimum atomic E-state index is -0.807. The highest BCUT2D eigenvalue weighted by Crippen LogP contribution is 2.37. The highest BCUT2D eigenvalue weighted by atomic mass is 35.5. The zero-order valence-electron chi connectivity index (χ0n) is 21.4. The minimum absolute atomic E-state index is 0.191. The maximum atomic E-state index is 13.8. The van der Waals surface area contributed by atoms with E-state index >= 15 is 0 Å². The normalized spacial score (nSPS) is 15.4. The molecular formula is C28H29ClN2O5S. The number of carbonyl (C=O) groups excluding carboxylic acids is 1. The van der Waals surface area contributed by atoms with Crippen LogP contribution in [-0.4, -0.2) is 30.9 Å². The van der Waals surface area contributed by atoms with Crippen LogP contribution >= 0.6 is 22.9 Å². The van der Waals surface area contributed by atoms with Gasteiger partial charge in [-0.1, -0.05) is 48.9 Å². The number of carbonyl (C=O) groups is 1. The van der Waals surface area contributed by atoms with Gasteiger partial charge in [0.25, 0.3) is 5.56 Å². The second kappa shape index (κ2) is 11.4. The first-order valence-corrected chi connectivity index (χ1v) is 13.2. The van der Waals surface area contributed by atoms with E-state index in [9.17, 15) is 9.59 Å². The summed E-state index contributed by atoms with van der Waals surface area (Å²) in [7, 11) is 1.53. The van der Waals surface area contributed by atoms with Gasteiger partial charge in [0.1, 0.15) is 17.5 Å². The topological polar surface area (TPSA) is 79.1 Å². The predicted molar refractivity (Wildman–Crippen MR) is 145 cm³/mol. The first-order chi connectivity index (χ1) is 17.7. The number of hydrogen-bond acceptors (Lipinski definition) is 7. The van der Waals surface area contributed by atoms with E-state index in [-0.39, 0.29) is 17.7 Å². The summed E-state index contributed by atoms with van der Waals surface area (Å²) < 4.78 is 18.7. The molecule has 0 saturated heterocycles. The average Bonchev–Trinajstić information content (AvgIpc) is 3.17. The van der Waals surface area contributed by atoms with E-state index in [1.165, 1.54) is 23.0 Å². The number of hydrogen-bond donors (Lipinski definition) is 0. The molecule has 2 heterocycles. The molecular weight excluding hydrogens is 512 g/mol. The summed E-state index contributed by atoms with van der Waals surface area (Å²) in [6.45, 7) is 8.48. The van der Waals surface area contributed by atoms with Gasteiger partial charge in [0, 0.05) is 10.6 Å². The first-order valence-electron chi connectivity index (χ1n) is 12.0. The standard InChI is InChI=1S/C28H29ClN2O5S/c1-6-35-27(33)24-17(4)30-28-31(25(24)21-14-19(29)9-12-22(21)34-5)26(32)23(37-28)13-18-7-10-20(11-8-18)36-15-16(2)3/h7-14,16,25H,6,15H2,1-5H3/b23-13-/t25-/m0/s1. The van der Waals surface area contributed by atoms with Crippen LogP contribution in [0, 0.1) is 5.92 Å². The van der Waals surface area contributed by atoms with Crippen molar-refractivity contribution in [3.63, 3.8) is 0 Å². The van der Waals surface area contributed by atoms with E-state index in [2.05, 4.69) is 18.8 Å². The molecule has 0 bridgehead atoms. The Balaban J connectivity index is 1.86. The molecule has 3 aromatic rings. The molecule has 9 heteroatoms. The number of halogens is 1. The third-order valence-corrected chi connectivity index (χ3v) is 6.98. The quantitative estimate of drug-likeness (QED) is 0.393. The van der Waals surface area contributed by atoms with Gasteiger partial charge in [0.15, 0.2) is 4.80 Å². The Bertz CT molecular complexity index is 1520. The van der Waals surface area contributed by atoms with Crippen LogP contribution in [0.1, 0.15) is 44.9 Å². The molecule has 0 spiro atoms. The Kier molecular flexibility index (Phi) is 8.19. The summed E-state index contributed by atoms with van der Waals surface area (Å²) >= 11 is 7.60. The molecule has 4 rings (SSSR count). The summed E-state index contributed by atoms with van der Waals surface area (Å²) in [6, 6.07) is 11.9. The summed E-state index contributed by atoms with van der Waals surface area (Å²) in [5.74, 6) is 1.16. The number of fused-ring (bicyclic) bond motifs is 1. The third-order valence-electron chi connectivity index (χ3n) is 5.76. The summed E-state index contributed by atoms with van der Waals surface area (Å²) in [5.41, 5.74) is 1.90. The molecule has 7 nitrogen and oxygen atoms in total. The fourth-order valence-corrected chi connectivity index (χ4v) is 5.31. The largest absolute Gasteiger partial charge is 0.496 e. The summed E-state index contributed by atoms with van der Waals surface area (Å²) in [4.78, 5) is 31.9. The fraction of sp³-hybridized carbons (Fsp3) is 0.321. The second-order valence-corrected chi connectivity index (χ2v) is 10.4. The molecule has 0 radical (unpaired) electrons. The van der Waals surface area contributed by atoms with Crippen molar-refractivity contribution in [2.24, 2.45) is 10.9 Å². The Morgan fingerprint density at radius 3 is 2.59 bits per heavy atom. The highest BCUT2D eigenvalue weighted by molar-refractivity contribution is 7.07. The molecule has 194 valence electrons. The van der Waals surface area contributed by atoms with Crippen molar-refractivity contribution in [2.45, 2.75) is 33.7 Å². The Hall–Kier alpha value is -3.36. The zero-order chi connectivity index (χ0) is 26.7. The number of thiazole rings is 1. The molecule has 1 aromatic heterocycles. The van der Waals surface area contributed by atoms with Crippen molar-refractivity contribution in [1.82, 2.24) is 4.57 Å². The molecule has 1 aliphatic rings. The Morgan fingerprint density at radius 2 is 1.95 bits per heavy atom. The van der Waals surface area contributed by atoms with Crippen molar-refractivity contribution in [2.75, 3.05) is 20.3 Å². The van der Waals surface area contributed by atoms with Gasteiger partial charge in [-0.2, -0.15) is 0 Å². The molecule has 0 fully saturated rings. The van der Waals surface area contributed by atoms with Crippen molar-refractivity contribution < 1.29 is 19.0 Å². The molecule has 0 unspecified atom stereocenters. The number of benzene rings is 2. The number of aromatic nitrogens is 1. The number of esters is 1. The van der Waals surface area contributed by atoms with Gasteiger partial charge in [0.2, 0.25) is 0 Å². The predicted octanol–water partition coefficient (Wildman–Crippen LogP) is 4.50. The number of nitrogens with zero attached hydrogens (tertiary/aromatic N) is 2. The zero-order valence-corrected chi connectivity index (χ0v) is 23.0. The molecule has 0 aliphatic carbocycles. The van der Waals surface area contributed by atoms with Gasteiger partial charge in [-0.05, 0) is 61.7 Å². The molecule has 0 amide bonds. The van der Waals surface area contributed by atoms with Crippen LogP contribution in [0.2, 0.25) is 5.02 Å². The van der Waals surface area contributed by atoms with Crippen molar-refractivity contribution in [1.29, 1.82) is 0 Å². The Morgan fingerprint density at radius 1 is 1.22 bits per heavy atom. The molecule has 0 saturated carbocycles. The van der Waals surface area contributed by atoms with Crippen molar-refractivity contribution in [3.05, 3.63) is 89.6 Å². The molecule has 1 aliphatic heterocycles. The summed E-state index contributed by atoms with van der Waals surface area (Å²) in [5, 5.41) is 0.454. The minimum Gasteiger partial charge on any atom is -0.496 e. The smallest absolute Gasteiger partial charge is 0.338 e. The van der Waals surface area contributed by atoms with E-state index in [1.54, 1.807) is 32.0 Å². The maximum Gasteiger partial charge on any atom is 0.338 e. The second-order valence-electron chi connectivity index (χ2n) is 8.96. The van der Waals surface area contributed by atoms with Gasteiger partial charge in [0.05, 0.1) is 36.1 Å². The molecule has 0 N–H and O–H groups in total. The van der Waals surface area contributed by atoms with Gasteiger partial charge >= 0.3 is 5.97 Å². The lowest BCUT2D eigenvalue weighted by Gasteiger charge is -2.26. The number of methoxy groups -OCH3 is 1. The lowest BCUT2D eigenvalue weighted by atomic mass is 9.95. The van der Waals surface area contributed by atoms with Gasteiger partial charge < -0.3 is 14.2 Å². The third kappa shape index (κ3) is 5.65. The Labute approximate surface area is 224 Å². The van der Waals surface area contributed by atoms with Crippen LogP contribution in [0.3, 0.4) is 0 Å². The van der Waals surface area contributed by atoms with Crippen LogP contribution in [0.5, 0.6) is 11.5 Å². The SMILES string of the molecule is CCOC(=O)C1=C(C)N=c2s/c(=C\c3ccc(OCC(C)C)cc3)c(=O)n2[C@H]1c1cc(Cl)ccc1OC. The van der Waals surface area contributed by atoms with Crippen LogP contribution in [-0.2, 0) is 9.53 Å². The summed E-state index contributed by atoms with van der Waals surface area (Å²) in [6.07, 6.45) is 1.81. The van der Waals surface area contributed by atoms with Crippen LogP contribution in [0.25, 0.3) is 6.08 Å². The maximum absolute atomic E-state index is 13.8. The lowest BCUT2D eigenvalue weighted by Crippen LogP contribution is -2.40. The monoisotopic (exact) mass is 540 g/mol. The highest BCUT2D eigenvalue weighted by Gasteiger charge is 2.35. The van der Waals surface area contributed by atoms with Crippen LogP contribution < -0.4 is 24.4 Å². The van der Waals surface area contributed by atoms with Crippen molar-refractivity contribution in [3.8, 4) is 11.5 Å². The number of rotatable bonds is 8. The van der Waals surface area contributed by atoms with E-state index in [0.717, 1.165) is 11.3 Å². The van der Waals surface area contributed by atoms with E-state index in [4.69, 9.17) is 25.8 Å². The van der Waals surface area contributed by atoms with Gasteiger partial charge in [-0.3, -0.25) is 9.36 Å². The van der Waals surface area contributed by atoms with Crippen LogP contribution in [0.4, 0.5) is 0 Å². The molecule has 2 aromatic carbocycles. The number of ether oxygens (including phenoxy) is 3. The van der Waals surface area contributed by atoms with Gasteiger partial charge in [-0.15, -0.1) is 0 Å².